The quantitative estimate of drug-likeness (QED) is 0.558. The normalized spacial score (nSPS) is 11.2. The minimum absolute atomic E-state index is 0.501. The Hall–Kier alpha value is -2.87. The number of imidazole rings is 1. The number of hydrogen-bond donors (Lipinski definition) is 1. The molecule has 0 unspecified atom stereocenters. The van der Waals surface area contributed by atoms with E-state index in [2.05, 4.69) is 25.5 Å². The lowest BCUT2D eigenvalue weighted by Gasteiger charge is -2.11. The maximum Gasteiger partial charge on any atom is 0.247 e. The van der Waals surface area contributed by atoms with Crippen LogP contribution in [0, 0.1) is 13.8 Å². The molecule has 0 fully saturated rings. The van der Waals surface area contributed by atoms with Crippen LogP contribution in [-0.2, 0) is 0 Å². The first kappa shape index (κ1) is 15.6. The van der Waals surface area contributed by atoms with Crippen LogP contribution in [0.3, 0.4) is 0 Å². The molecule has 0 aliphatic carbocycles. The van der Waals surface area contributed by atoms with E-state index in [1.807, 2.05) is 48.2 Å². The van der Waals surface area contributed by atoms with Crippen LogP contribution in [0.5, 0.6) is 0 Å². The number of hydrogen-bond acceptors (Lipinski definition) is 7. The third-order valence-corrected chi connectivity index (χ3v) is 4.54. The Morgan fingerprint density at radius 3 is 2.80 bits per heavy atom. The Morgan fingerprint density at radius 2 is 2.04 bits per heavy atom. The Labute approximate surface area is 148 Å². The van der Waals surface area contributed by atoms with E-state index in [1.165, 1.54) is 0 Å². The van der Waals surface area contributed by atoms with Gasteiger partial charge in [0, 0.05) is 30.6 Å². The third kappa shape index (κ3) is 2.85. The molecule has 7 nitrogen and oxygen atoms in total. The van der Waals surface area contributed by atoms with Crippen LogP contribution in [0.2, 0.25) is 0 Å². The number of aryl methyl sites for hydroxylation is 2. The van der Waals surface area contributed by atoms with Gasteiger partial charge in [0.25, 0.3) is 0 Å². The predicted molar refractivity (Wildman–Crippen MR) is 97.3 cm³/mol. The van der Waals surface area contributed by atoms with Gasteiger partial charge in [-0.2, -0.15) is 0 Å². The summed E-state index contributed by atoms with van der Waals surface area (Å²) in [5.41, 5.74) is 3.80. The lowest BCUT2D eigenvalue weighted by atomic mass is 10.1. The summed E-state index contributed by atoms with van der Waals surface area (Å²) >= 11 is 1.59. The molecule has 4 aromatic rings. The molecule has 0 aliphatic rings. The van der Waals surface area contributed by atoms with E-state index in [0.717, 1.165) is 33.3 Å². The Kier molecular flexibility index (Phi) is 3.89. The maximum absolute atomic E-state index is 5.52. The van der Waals surface area contributed by atoms with Crippen LogP contribution in [0.1, 0.15) is 11.5 Å². The molecule has 0 atom stereocenters. The molecule has 3 aromatic heterocycles. The van der Waals surface area contributed by atoms with Gasteiger partial charge in [0.1, 0.15) is 5.52 Å². The molecule has 0 saturated carbocycles. The molecule has 0 amide bonds. The maximum atomic E-state index is 5.52. The first-order valence-corrected chi connectivity index (χ1v) is 8.92. The van der Waals surface area contributed by atoms with Gasteiger partial charge in [-0.25, -0.2) is 9.97 Å². The van der Waals surface area contributed by atoms with Crippen molar-refractivity contribution in [2.75, 3.05) is 11.6 Å². The fourth-order valence-corrected chi connectivity index (χ4v) is 3.10. The van der Waals surface area contributed by atoms with E-state index in [1.54, 1.807) is 24.9 Å². The van der Waals surface area contributed by atoms with Crippen molar-refractivity contribution in [2.45, 2.75) is 19.0 Å². The van der Waals surface area contributed by atoms with Gasteiger partial charge in [-0.3, -0.25) is 4.40 Å². The molecular weight excluding hydrogens is 336 g/mol. The topological polar surface area (TPSA) is 81.1 Å². The molecule has 3 heterocycles. The van der Waals surface area contributed by atoms with Crippen molar-refractivity contribution in [1.29, 1.82) is 0 Å². The molecule has 4 rings (SSSR count). The molecule has 0 bridgehead atoms. The molecule has 0 spiro atoms. The number of thioether (sulfide) groups is 1. The molecule has 0 saturated heterocycles. The van der Waals surface area contributed by atoms with Gasteiger partial charge in [0.15, 0.2) is 11.0 Å². The van der Waals surface area contributed by atoms with Crippen LogP contribution in [0.4, 0.5) is 11.5 Å². The molecular formula is C17H16N6OS. The number of benzene rings is 1. The SMILES string of the molecule is CSc1ncc2c(Nc3cc(-c4nnc(C)o4)ccc3C)nccn12. The van der Waals surface area contributed by atoms with Gasteiger partial charge in [-0.1, -0.05) is 17.8 Å². The van der Waals surface area contributed by atoms with Crippen molar-refractivity contribution in [1.82, 2.24) is 24.6 Å². The van der Waals surface area contributed by atoms with Crippen LogP contribution in [-0.4, -0.2) is 30.8 Å². The van der Waals surface area contributed by atoms with E-state index in [9.17, 15) is 0 Å². The highest BCUT2D eigenvalue weighted by molar-refractivity contribution is 7.98. The smallest absolute Gasteiger partial charge is 0.247 e. The Morgan fingerprint density at radius 1 is 1.16 bits per heavy atom. The minimum Gasteiger partial charge on any atom is -0.421 e. The van der Waals surface area contributed by atoms with E-state index in [-0.39, 0.29) is 0 Å². The molecule has 1 aromatic carbocycles. The van der Waals surface area contributed by atoms with Crippen LogP contribution in [0.15, 0.2) is 46.4 Å². The highest BCUT2D eigenvalue weighted by atomic mass is 32.2. The number of anilines is 2. The van der Waals surface area contributed by atoms with Gasteiger partial charge < -0.3 is 9.73 Å². The number of rotatable bonds is 4. The van der Waals surface area contributed by atoms with E-state index in [0.29, 0.717) is 11.8 Å². The second kappa shape index (κ2) is 6.21. The van der Waals surface area contributed by atoms with Gasteiger partial charge in [0.05, 0.1) is 6.20 Å². The number of nitrogens with zero attached hydrogens (tertiary/aromatic N) is 5. The average Bonchev–Trinajstić information content (AvgIpc) is 3.23. The minimum atomic E-state index is 0.501. The third-order valence-electron chi connectivity index (χ3n) is 3.87. The zero-order valence-corrected chi connectivity index (χ0v) is 14.8. The Bertz CT molecular complexity index is 1050. The van der Waals surface area contributed by atoms with E-state index < -0.39 is 0 Å². The summed E-state index contributed by atoms with van der Waals surface area (Å²) < 4.78 is 7.53. The fraction of sp³-hybridized carbons (Fsp3) is 0.176. The molecule has 0 radical (unpaired) electrons. The zero-order valence-electron chi connectivity index (χ0n) is 14.0. The predicted octanol–water partition coefficient (Wildman–Crippen LogP) is 3.86. The second-order valence-electron chi connectivity index (χ2n) is 5.56. The van der Waals surface area contributed by atoms with Gasteiger partial charge >= 0.3 is 0 Å². The molecule has 8 heteroatoms. The van der Waals surface area contributed by atoms with Crippen molar-refractivity contribution < 1.29 is 4.42 Å². The van der Waals surface area contributed by atoms with Crippen LogP contribution >= 0.6 is 11.8 Å². The summed E-state index contributed by atoms with van der Waals surface area (Å²) in [6, 6.07) is 5.96. The monoisotopic (exact) mass is 352 g/mol. The highest BCUT2D eigenvalue weighted by Crippen LogP contribution is 2.28. The standard InChI is InChI=1S/C17H16N6OS/c1-10-4-5-12(16-22-21-11(2)24-16)8-13(10)20-15-14-9-19-17(25-3)23(14)7-6-18-15/h4-9H,1-3H3,(H,18,20). The first-order chi connectivity index (χ1) is 12.2. The van der Waals surface area contributed by atoms with E-state index in [4.69, 9.17) is 4.42 Å². The number of aromatic nitrogens is 5. The molecule has 1 N–H and O–H groups in total. The van der Waals surface area contributed by atoms with Gasteiger partial charge in [0.2, 0.25) is 11.8 Å². The van der Waals surface area contributed by atoms with Crippen molar-refractivity contribution in [3.8, 4) is 11.5 Å². The fourth-order valence-electron chi connectivity index (χ4n) is 2.58. The lowest BCUT2D eigenvalue weighted by molar-refractivity contribution is 0.533. The van der Waals surface area contributed by atoms with Crippen LogP contribution < -0.4 is 5.32 Å². The average molecular weight is 352 g/mol. The van der Waals surface area contributed by atoms with Crippen molar-refractivity contribution in [3.05, 3.63) is 48.2 Å². The van der Waals surface area contributed by atoms with Crippen LogP contribution in [0.25, 0.3) is 17.0 Å². The summed E-state index contributed by atoms with van der Waals surface area (Å²) in [5.74, 6) is 1.79. The van der Waals surface area contributed by atoms with Gasteiger partial charge in [-0.15, -0.1) is 10.2 Å². The number of fused-ring (bicyclic) bond motifs is 1. The zero-order chi connectivity index (χ0) is 17.4. The highest BCUT2D eigenvalue weighted by Gasteiger charge is 2.12. The van der Waals surface area contributed by atoms with Gasteiger partial charge in [-0.05, 0) is 30.9 Å². The van der Waals surface area contributed by atoms with Crippen molar-refractivity contribution in [2.24, 2.45) is 0 Å². The second-order valence-corrected chi connectivity index (χ2v) is 6.33. The summed E-state index contributed by atoms with van der Waals surface area (Å²) in [4.78, 5) is 8.88. The Balaban J connectivity index is 1.75. The summed E-state index contributed by atoms with van der Waals surface area (Å²) in [7, 11) is 0. The van der Waals surface area contributed by atoms with E-state index >= 15 is 0 Å². The van der Waals surface area contributed by atoms with Crippen molar-refractivity contribution in [3.63, 3.8) is 0 Å². The van der Waals surface area contributed by atoms with Crippen molar-refractivity contribution >= 4 is 28.8 Å². The largest absolute Gasteiger partial charge is 0.421 e. The first-order valence-electron chi connectivity index (χ1n) is 7.70. The molecule has 25 heavy (non-hydrogen) atoms. The summed E-state index contributed by atoms with van der Waals surface area (Å²) in [6.45, 7) is 3.81. The summed E-state index contributed by atoms with van der Waals surface area (Å²) in [5, 5.41) is 12.3. The molecule has 126 valence electrons. The molecule has 0 aliphatic heterocycles. The number of nitrogens with one attached hydrogen (secondary N) is 1. The summed E-state index contributed by atoms with van der Waals surface area (Å²) in [6.07, 6.45) is 7.49. The lowest BCUT2D eigenvalue weighted by Crippen LogP contribution is -1.99.